The van der Waals surface area contributed by atoms with Gasteiger partial charge in [0, 0.05) is 43.4 Å². The highest BCUT2D eigenvalue weighted by atomic mass is 16.5. The van der Waals surface area contributed by atoms with E-state index >= 15 is 0 Å². The van der Waals surface area contributed by atoms with Crippen LogP contribution in [0.3, 0.4) is 0 Å². The van der Waals surface area contributed by atoms with Crippen LogP contribution >= 0.6 is 0 Å². The summed E-state index contributed by atoms with van der Waals surface area (Å²) < 4.78 is 11.2. The van der Waals surface area contributed by atoms with Crippen LogP contribution in [0.2, 0.25) is 0 Å². The molecule has 0 spiro atoms. The van der Waals surface area contributed by atoms with Gasteiger partial charge in [-0.1, -0.05) is 0 Å². The molecule has 0 aromatic carbocycles. The average Bonchev–Trinajstić information content (AvgIpc) is 3.07. The van der Waals surface area contributed by atoms with Gasteiger partial charge in [-0.05, 0) is 12.1 Å². The lowest BCUT2D eigenvalue weighted by atomic mass is 10.0. The summed E-state index contributed by atoms with van der Waals surface area (Å²) in [5.41, 5.74) is 8.89. The van der Waals surface area contributed by atoms with Crippen LogP contribution in [0.15, 0.2) is 18.3 Å². The maximum atomic E-state index is 5.77. The molecule has 26 heavy (non-hydrogen) atoms. The Kier molecular flexibility index (Phi) is 3.86. The second-order valence-electron chi connectivity index (χ2n) is 6.87. The first kappa shape index (κ1) is 15.8. The maximum Gasteiger partial charge on any atom is 0.228 e. The molecule has 0 amide bonds. The molecule has 5 heterocycles. The van der Waals surface area contributed by atoms with Gasteiger partial charge in [-0.25, -0.2) is 9.97 Å². The second-order valence-corrected chi connectivity index (χ2v) is 6.87. The third kappa shape index (κ3) is 2.65. The number of nitrogens with zero attached hydrogens (tertiary/aromatic N) is 5. The van der Waals surface area contributed by atoms with Crippen molar-refractivity contribution in [2.45, 2.75) is 12.5 Å². The number of hydrogen-bond donors (Lipinski definition) is 1. The Bertz CT molecular complexity index is 806. The number of morpholine rings is 2. The van der Waals surface area contributed by atoms with Crippen LogP contribution in [-0.4, -0.2) is 67.1 Å². The minimum atomic E-state index is 0.341. The Labute approximate surface area is 152 Å². The molecule has 0 bridgehead atoms. The Balaban J connectivity index is 1.62. The summed E-state index contributed by atoms with van der Waals surface area (Å²) in [6.45, 7) is 5.39. The Morgan fingerprint density at radius 1 is 1.04 bits per heavy atom. The molecular weight excluding hydrogens is 332 g/mol. The molecule has 2 saturated heterocycles. The van der Waals surface area contributed by atoms with Crippen LogP contribution < -0.4 is 15.5 Å². The van der Waals surface area contributed by atoms with Crippen molar-refractivity contribution in [3.63, 3.8) is 0 Å². The van der Waals surface area contributed by atoms with Gasteiger partial charge in [0.25, 0.3) is 0 Å². The van der Waals surface area contributed by atoms with Gasteiger partial charge in [0.05, 0.1) is 38.2 Å². The maximum absolute atomic E-state index is 5.77. The number of aromatic nitrogens is 3. The molecule has 5 rings (SSSR count). The highest BCUT2D eigenvalue weighted by molar-refractivity contribution is 5.73. The molecule has 1 atom stereocenters. The molecule has 2 aromatic rings. The highest BCUT2D eigenvalue weighted by Crippen LogP contribution is 2.39. The smallest absolute Gasteiger partial charge is 0.228 e. The van der Waals surface area contributed by atoms with Gasteiger partial charge in [0.1, 0.15) is 11.6 Å². The Hall–Kier alpha value is -2.45. The summed E-state index contributed by atoms with van der Waals surface area (Å²) in [7, 11) is 0. The van der Waals surface area contributed by atoms with Crippen molar-refractivity contribution in [3.8, 4) is 11.3 Å². The number of anilines is 3. The molecule has 136 valence electrons. The Morgan fingerprint density at radius 2 is 1.88 bits per heavy atom. The van der Waals surface area contributed by atoms with Gasteiger partial charge >= 0.3 is 0 Å². The van der Waals surface area contributed by atoms with Gasteiger partial charge in [-0.2, -0.15) is 4.98 Å². The number of nitrogens with two attached hydrogens (primary N) is 1. The van der Waals surface area contributed by atoms with Crippen molar-refractivity contribution in [3.05, 3.63) is 23.9 Å². The lowest BCUT2D eigenvalue weighted by Gasteiger charge is -2.32. The largest absolute Gasteiger partial charge is 0.384 e. The van der Waals surface area contributed by atoms with Gasteiger partial charge in [-0.3, -0.25) is 0 Å². The van der Waals surface area contributed by atoms with E-state index in [0.717, 1.165) is 62.3 Å². The minimum absolute atomic E-state index is 0.341. The number of pyridine rings is 1. The van der Waals surface area contributed by atoms with E-state index < -0.39 is 0 Å². The number of hydrogen-bond acceptors (Lipinski definition) is 8. The topological polar surface area (TPSA) is 89.6 Å². The van der Waals surface area contributed by atoms with Crippen molar-refractivity contribution in [2.24, 2.45) is 0 Å². The molecule has 3 aliphatic heterocycles. The zero-order chi connectivity index (χ0) is 17.5. The van der Waals surface area contributed by atoms with E-state index in [1.807, 2.05) is 12.1 Å². The van der Waals surface area contributed by atoms with Crippen molar-refractivity contribution < 1.29 is 9.47 Å². The summed E-state index contributed by atoms with van der Waals surface area (Å²) in [5, 5.41) is 0. The van der Waals surface area contributed by atoms with Crippen LogP contribution in [-0.2, 0) is 15.9 Å². The third-order valence-corrected chi connectivity index (χ3v) is 5.27. The second kappa shape index (κ2) is 6.37. The molecule has 8 nitrogen and oxygen atoms in total. The van der Waals surface area contributed by atoms with Crippen LogP contribution in [0.5, 0.6) is 0 Å². The van der Waals surface area contributed by atoms with Gasteiger partial charge in [-0.15, -0.1) is 0 Å². The molecule has 2 N–H and O–H groups in total. The SMILES string of the molecule is Nc1ccc(-c2nc(N3CCOCC3)nc3c2C[C@@H]2COCCN32)cn1. The molecule has 8 heteroatoms. The monoisotopic (exact) mass is 354 g/mol. The standard InChI is InChI=1S/C18H22N6O2/c19-15-2-1-12(10-20-15)16-14-9-13-11-26-8-5-24(13)17(14)22-18(21-16)23-3-6-25-7-4-23/h1-2,10,13H,3-9,11H2,(H2,19,20)/t13-/m1/s1. The first-order valence-electron chi connectivity index (χ1n) is 9.09. The van der Waals surface area contributed by atoms with E-state index in [2.05, 4.69) is 14.8 Å². The molecule has 0 aliphatic carbocycles. The van der Waals surface area contributed by atoms with E-state index in [1.165, 1.54) is 5.56 Å². The molecule has 0 radical (unpaired) electrons. The summed E-state index contributed by atoms with van der Waals surface area (Å²) in [6, 6.07) is 4.15. The number of nitrogen functional groups attached to an aromatic ring is 1. The molecular formula is C18H22N6O2. The lowest BCUT2D eigenvalue weighted by Crippen LogP contribution is -2.43. The summed E-state index contributed by atoms with van der Waals surface area (Å²) in [6.07, 6.45) is 2.70. The number of fused-ring (bicyclic) bond motifs is 3. The predicted octanol–water partition coefficient (Wildman–Crippen LogP) is 0.719. The fraction of sp³-hybridized carbons (Fsp3) is 0.500. The minimum Gasteiger partial charge on any atom is -0.384 e. The number of rotatable bonds is 2. The van der Waals surface area contributed by atoms with Crippen LogP contribution in [0.25, 0.3) is 11.3 Å². The lowest BCUT2D eigenvalue weighted by molar-refractivity contribution is 0.0974. The van der Waals surface area contributed by atoms with E-state index in [0.29, 0.717) is 25.1 Å². The molecule has 2 aromatic heterocycles. The zero-order valence-corrected chi connectivity index (χ0v) is 14.6. The molecule has 3 aliphatic rings. The quantitative estimate of drug-likeness (QED) is 0.844. The summed E-state index contributed by atoms with van der Waals surface area (Å²) in [5.74, 6) is 2.33. The van der Waals surface area contributed by atoms with Gasteiger partial charge < -0.3 is 25.0 Å². The molecule has 0 saturated carbocycles. The number of ether oxygens (including phenoxy) is 2. The van der Waals surface area contributed by atoms with Crippen LogP contribution in [0.4, 0.5) is 17.6 Å². The average molecular weight is 354 g/mol. The zero-order valence-electron chi connectivity index (χ0n) is 14.6. The first-order chi connectivity index (χ1) is 12.8. The van der Waals surface area contributed by atoms with Gasteiger partial charge in [0.2, 0.25) is 5.95 Å². The summed E-state index contributed by atoms with van der Waals surface area (Å²) >= 11 is 0. The van der Waals surface area contributed by atoms with E-state index in [4.69, 9.17) is 25.2 Å². The van der Waals surface area contributed by atoms with Crippen molar-refractivity contribution in [2.75, 3.05) is 61.6 Å². The molecule has 2 fully saturated rings. The summed E-state index contributed by atoms with van der Waals surface area (Å²) in [4.78, 5) is 18.7. The fourth-order valence-corrected chi connectivity index (χ4v) is 3.91. The van der Waals surface area contributed by atoms with Crippen molar-refractivity contribution >= 4 is 17.6 Å². The first-order valence-corrected chi connectivity index (χ1v) is 9.09. The fourth-order valence-electron chi connectivity index (χ4n) is 3.91. The van der Waals surface area contributed by atoms with Gasteiger partial charge in [0.15, 0.2) is 0 Å². The van der Waals surface area contributed by atoms with Crippen LogP contribution in [0, 0.1) is 0 Å². The van der Waals surface area contributed by atoms with E-state index in [-0.39, 0.29) is 0 Å². The van der Waals surface area contributed by atoms with Crippen molar-refractivity contribution in [1.82, 2.24) is 15.0 Å². The van der Waals surface area contributed by atoms with Crippen LogP contribution in [0.1, 0.15) is 5.56 Å². The Morgan fingerprint density at radius 3 is 2.69 bits per heavy atom. The van der Waals surface area contributed by atoms with E-state index in [1.54, 1.807) is 6.20 Å². The normalized spacial score (nSPS) is 22.2. The van der Waals surface area contributed by atoms with E-state index in [9.17, 15) is 0 Å². The highest BCUT2D eigenvalue weighted by Gasteiger charge is 2.36. The molecule has 0 unspecified atom stereocenters. The predicted molar refractivity (Wildman–Crippen MR) is 98.4 cm³/mol. The van der Waals surface area contributed by atoms with Crippen molar-refractivity contribution in [1.29, 1.82) is 0 Å². The third-order valence-electron chi connectivity index (χ3n) is 5.27.